The number of methoxy groups -OCH3 is 2. The Balaban J connectivity index is 1.93. The minimum absolute atomic E-state index is 0.169. The van der Waals surface area contributed by atoms with Crippen LogP contribution >= 0.6 is 45.2 Å². The van der Waals surface area contributed by atoms with Crippen molar-refractivity contribution in [1.82, 2.24) is 0 Å². The largest absolute Gasteiger partial charge is 0.466 e. The highest BCUT2D eigenvalue weighted by molar-refractivity contribution is 14.1. The second kappa shape index (κ2) is 17.0. The van der Waals surface area contributed by atoms with E-state index >= 15 is 0 Å². The predicted molar refractivity (Wildman–Crippen MR) is 193 cm³/mol. The van der Waals surface area contributed by atoms with E-state index in [-0.39, 0.29) is 13.6 Å². The van der Waals surface area contributed by atoms with Gasteiger partial charge in [-0.1, -0.05) is 88.8 Å². The van der Waals surface area contributed by atoms with E-state index in [4.69, 9.17) is 18.9 Å². The third-order valence-electron chi connectivity index (χ3n) is 7.75. The topological polar surface area (TPSA) is 36.9 Å². The lowest BCUT2D eigenvalue weighted by atomic mass is 9.90. The summed E-state index contributed by atoms with van der Waals surface area (Å²) in [6.07, 6.45) is 12.3. The summed E-state index contributed by atoms with van der Waals surface area (Å²) in [7, 11) is 3.32. The van der Waals surface area contributed by atoms with Gasteiger partial charge in [-0.2, -0.15) is 0 Å². The summed E-state index contributed by atoms with van der Waals surface area (Å²) in [5.74, 6) is 1.63. The number of fused-ring (bicyclic) bond motifs is 2. The monoisotopic (exact) mass is 794 g/mol. The van der Waals surface area contributed by atoms with Gasteiger partial charge >= 0.3 is 0 Å². The van der Waals surface area contributed by atoms with Gasteiger partial charge in [0.2, 0.25) is 0 Å². The average molecular weight is 795 g/mol. The predicted octanol–water partition coefficient (Wildman–Crippen LogP) is 11.1. The fourth-order valence-corrected chi connectivity index (χ4v) is 7.17. The van der Waals surface area contributed by atoms with Crippen LogP contribution in [0.1, 0.15) is 76.3 Å². The van der Waals surface area contributed by atoms with Crippen LogP contribution in [0.4, 0.5) is 0 Å². The van der Waals surface area contributed by atoms with E-state index in [1.165, 1.54) is 73.3 Å². The number of benzene rings is 4. The van der Waals surface area contributed by atoms with Crippen LogP contribution in [0.5, 0.6) is 11.5 Å². The molecular formula is C36H44I2O4. The third kappa shape index (κ3) is 8.30. The summed E-state index contributed by atoms with van der Waals surface area (Å²) in [6, 6.07) is 18.3. The van der Waals surface area contributed by atoms with Crippen LogP contribution in [0.3, 0.4) is 0 Å². The Morgan fingerprint density at radius 2 is 0.976 bits per heavy atom. The Hall–Kier alpha value is -1.62. The second-order valence-corrected chi connectivity index (χ2v) is 13.3. The van der Waals surface area contributed by atoms with E-state index in [2.05, 4.69) is 108 Å². The Bertz CT molecular complexity index is 1360. The van der Waals surface area contributed by atoms with Gasteiger partial charge in [-0.15, -0.1) is 0 Å². The molecule has 0 saturated heterocycles. The normalized spacial score (nSPS) is 11.5. The van der Waals surface area contributed by atoms with Crippen molar-refractivity contribution in [3.05, 3.63) is 66.8 Å². The van der Waals surface area contributed by atoms with Crippen molar-refractivity contribution in [2.75, 3.05) is 27.8 Å². The summed E-state index contributed by atoms with van der Waals surface area (Å²) in [6.45, 7) is 4.86. The molecule has 6 heteroatoms. The molecule has 4 rings (SSSR count). The SMILES string of the molecule is CCCCCCc1ccc2c(-c3c(OCOC)c(I)cc4cc(CCCCCC)ccc34)c(OCOC)c(I)cc2c1. The first kappa shape index (κ1) is 33.3. The molecule has 0 N–H and O–H groups in total. The fraction of sp³-hybridized carbons (Fsp3) is 0.444. The highest BCUT2D eigenvalue weighted by Crippen LogP contribution is 2.49. The van der Waals surface area contributed by atoms with Crippen LogP contribution < -0.4 is 9.47 Å². The van der Waals surface area contributed by atoms with Crippen molar-refractivity contribution in [3.8, 4) is 22.6 Å². The quantitative estimate of drug-likeness (QED) is 0.0606. The first-order chi connectivity index (χ1) is 20.5. The standard InChI is InChI=1S/C36H44I2O4/c1-5-7-9-11-13-25-15-17-29-27(19-25)21-31(37)35(41-23-39-3)33(29)34-30-18-16-26(14-12-10-8-6-2)20-28(30)22-32(38)36(34)42-24-40-4/h15-22H,5-14,23-24H2,1-4H3. The lowest BCUT2D eigenvalue weighted by Gasteiger charge is -2.22. The van der Waals surface area contributed by atoms with Crippen molar-refractivity contribution in [3.63, 3.8) is 0 Å². The molecule has 0 saturated carbocycles. The smallest absolute Gasteiger partial charge is 0.188 e. The molecule has 0 aliphatic rings. The van der Waals surface area contributed by atoms with Crippen LogP contribution in [0.15, 0.2) is 48.5 Å². The molecule has 4 nitrogen and oxygen atoms in total. The van der Waals surface area contributed by atoms with E-state index in [1.807, 2.05) is 0 Å². The zero-order valence-corrected chi connectivity index (χ0v) is 29.8. The molecule has 0 atom stereocenters. The van der Waals surface area contributed by atoms with Crippen LogP contribution in [0.2, 0.25) is 0 Å². The van der Waals surface area contributed by atoms with Crippen molar-refractivity contribution in [1.29, 1.82) is 0 Å². The maximum absolute atomic E-state index is 6.33. The highest BCUT2D eigenvalue weighted by atomic mass is 127. The zero-order valence-electron chi connectivity index (χ0n) is 25.5. The van der Waals surface area contributed by atoms with E-state index in [0.717, 1.165) is 53.4 Å². The van der Waals surface area contributed by atoms with Gasteiger partial charge in [-0.3, -0.25) is 0 Å². The molecule has 0 amide bonds. The summed E-state index contributed by atoms with van der Waals surface area (Å²) < 4.78 is 25.5. The number of halogens is 2. The van der Waals surface area contributed by atoms with Gasteiger partial charge in [0.05, 0.1) is 7.14 Å². The van der Waals surface area contributed by atoms with Crippen molar-refractivity contribution >= 4 is 66.7 Å². The highest BCUT2D eigenvalue weighted by Gasteiger charge is 2.24. The Kier molecular flexibility index (Phi) is 13.5. The average Bonchev–Trinajstić information content (AvgIpc) is 2.99. The summed E-state index contributed by atoms with van der Waals surface area (Å²) in [5, 5.41) is 4.72. The summed E-state index contributed by atoms with van der Waals surface area (Å²) in [5.41, 5.74) is 4.83. The zero-order chi connectivity index (χ0) is 29.9. The number of unbranched alkanes of at least 4 members (excludes halogenated alkanes) is 6. The van der Waals surface area contributed by atoms with Crippen LogP contribution in [0, 0.1) is 7.14 Å². The van der Waals surface area contributed by atoms with E-state index in [1.54, 1.807) is 14.2 Å². The molecule has 0 unspecified atom stereocenters. The minimum atomic E-state index is 0.169. The number of ether oxygens (including phenoxy) is 4. The first-order valence-electron chi connectivity index (χ1n) is 15.3. The van der Waals surface area contributed by atoms with Crippen LogP contribution in [-0.4, -0.2) is 27.8 Å². The van der Waals surface area contributed by atoms with Crippen LogP contribution in [-0.2, 0) is 22.3 Å². The molecular weight excluding hydrogens is 750 g/mol. The molecule has 4 aromatic rings. The maximum Gasteiger partial charge on any atom is 0.188 e. The van der Waals surface area contributed by atoms with Gasteiger partial charge in [0.15, 0.2) is 13.6 Å². The molecule has 0 aliphatic heterocycles. The maximum atomic E-state index is 6.33. The molecule has 0 spiro atoms. The van der Waals surface area contributed by atoms with Gasteiger partial charge in [0.25, 0.3) is 0 Å². The van der Waals surface area contributed by atoms with Gasteiger partial charge in [-0.05, 0) is 116 Å². The van der Waals surface area contributed by atoms with Crippen molar-refractivity contribution in [2.45, 2.75) is 78.1 Å². The molecule has 0 radical (unpaired) electrons. The van der Waals surface area contributed by atoms with Gasteiger partial charge < -0.3 is 18.9 Å². The van der Waals surface area contributed by atoms with Gasteiger partial charge in [-0.25, -0.2) is 0 Å². The Morgan fingerprint density at radius 3 is 1.36 bits per heavy atom. The van der Waals surface area contributed by atoms with E-state index in [0.29, 0.717) is 0 Å². The Labute approximate surface area is 279 Å². The molecule has 0 aliphatic carbocycles. The lowest BCUT2D eigenvalue weighted by molar-refractivity contribution is 0.0495. The van der Waals surface area contributed by atoms with Gasteiger partial charge in [0.1, 0.15) is 11.5 Å². The third-order valence-corrected chi connectivity index (χ3v) is 9.36. The lowest BCUT2D eigenvalue weighted by Crippen LogP contribution is -2.06. The molecule has 4 aromatic carbocycles. The number of rotatable bonds is 17. The molecule has 0 bridgehead atoms. The molecule has 0 fully saturated rings. The molecule has 42 heavy (non-hydrogen) atoms. The first-order valence-corrected chi connectivity index (χ1v) is 17.4. The van der Waals surface area contributed by atoms with Crippen molar-refractivity contribution < 1.29 is 18.9 Å². The number of aryl methyl sites for hydroxylation is 2. The molecule has 0 heterocycles. The second-order valence-electron chi connectivity index (χ2n) is 11.0. The van der Waals surface area contributed by atoms with Crippen molar-refractivity contribution in [2.24, 2.45) is 0 Å². The summed E-state index contributed by atoms with van der Waals surface area (Å²) in [4.78, 5) is 0. The van der Waals surface area contributed by atoms with E-state index < -0.39 is 0 Å². The van der Waals surface area contributed by atoms with Crippen LogP contribution in [0.25, 0.3) is 32.7 Å². The fourth-order valence-electron chi connectivity index (χ4n) is 5.64. The molecule has 226 valence electrons. The van der Waals surface area contributed by atoms with Gasteiger partial charge in [0, 0.05) is 25.3 Å². The number of hydrogen-bond acceptors (Lipinski definition) is 4. The number of hydrogen-bond donors (Lipinski definition) is 0. The summed E-state index contributed by atoms with van der Waals surface area (Å²) >= 11 is 4.81. The Morgan fingerprint density at radius 1 is 0.548 bits per heavy atom. The minimum Gasteiger partial charge on any atom is -0.466 e. The van der Waals surface area contributed by atoms with E-state index in [9.17, 15) is 0 Å². The molecule has 0 aromatic heterocycles.